The van der Waals surface area contributed by atoms with Gasteiger partial charge in [0.1, 0.15) is 6.04 Å². The van der Waals surface area contributed by atoms with E-state index in [0.29, 0.717) is 0 Å². The number of hydrogen-bond donors (Lipinski definition) is 0. The van der Waals surface area contributed by atoms with Crippen LogP contribution in [-0.4, -0.2) is 36.4 Å². The van der Waals surface area contributed by atoms with E-state index >= 15 is 0 Å². The molecule has 0 spiro atoms. The minimum Gasteiger partial charge on any atom is -0.465 e. The van der Waals surface area contributed by atoms with Gasteiger partial charge in [0.15, 0.2) is 0 Å². The van der Waals surface area contributed by atoms with Crippen LogP contribution in [0.2, 0.25) is 0 Å². The van der Waals surface area contributed by atoms with Crippen LogP contribution in [0.25, 0.3) is 0 Å². The maximum atomic E-state index is 13.0. The summed E-state index contributed by atoms with van der Waals surface area (Å²) in [6.45, 7) is 2.55. The van der Waals surface area contributed by atoms with Crippen LogP contribution in [0, 0.1) is 0 Å². The van der Waals surface area contributed by atoms with E-state index < -0.39 is 18.3 Å². The maximum absolute atomic E-state index is 13.0. The van der Waals surface area contributed by atoms with E-state index in [1.54, 1.807) is 37.3 Å². The molecular weight excluding hydrogens is 271 g/mol. The van der Waals surface area contributed by atoms with Gasteiger partial charge in [0.25, 0.3) is 0 Å². The molecule has 0 aliphatic rings. The summed E-state index contributed by atoms with van der Waals surface area (Å²) in [5, 5.41) is 0. The Hall–Kier alpha value is -1.56. The Morgan fingerprint density at radius 1 is 1.30 bits per heavy atom. The van der Waals surface area contributed by atoms with Gasteiger partial charge in [-0.2, -0.15) is 13.2 Å². The van der Waals surface area contributed by atoms with Crippen molar-refractivity contribution in [3.8, 4) is 0 Å². The van der Waals surface area contributed by atoms with Gasteiger partial charge >= 0.3 is 12.3 Å². The van der Waals surface area contributed by atoms with E-state index in [4.69, 9.17) is 0 Å². The fourth-order valence-corrected chi connectivity index (χ4v) is 1.82. The predicted octanol–water partition coefficient (Wildman–Crippen LogP) is 3.00. The zero-order valence-corrected chi connectivity index (χ0v) is 11.5. The third kappa shape index (κ3) is 4.85. The van der Waals surface area contributed by atoms with Crippen molar-refractivity contribution in [3.05, 3.63) is 35.9 Å². The number of nitrogens with zero attached hydrogens (tertiary/aromatic N) is 1. The largest absolute Gasteiger partial charge is 0.465 e. The lowest BCUT2D eigenvalue weighted by Gasteiger charge is -2.29. The van der Waals surface area contributed by atoms with Crippen molar-refractivity contribution >= 4 is 5.97 Å². The topological polar surface area (TPSA) is 29.5 Å². The van der Waals surface area contributed by atoms with Crippen LogP contribution in [-0.2, 0) is 16.0 Å². The molecule has 0 fully saturated rings. The molecule has 20 heavy (non-hydrogen) atoms. The predicted molar refractivity (Wildman–Crippen MR) is 69.0 cm³/mol. The highest BCUT2D eigenvalue weighted by molar-refractivity contribution is 5.75. The van der Waals surface area contributed by atoms with Gasteiger partial charge in [-0.1, -0.05) is 30.3 Å². The second-order valence-electron chi connectivity index (χ2n) is 4.32. The molecule has 0 N–H and O–H groups in total. The van der Waals surface area contributed by atoms with Gasteiger partial charge in [-0.05, 0) is 25.8 Å². The van der Waals surface area contributed by atoms with Crippen molar-refractivity contribution in [3.63, 3.8) is 0 Å². The number of alkyl halides is 3. The molecule has 0 saturated heterocycles. The van der Waals surface area contributed by atoms with Gasteiger partial charge in [0.05, 0.1) is 6.61 Å². The molecule has 3 nitrogen and oxygen atoms in total. The molecule has 0 heterocycles. The molecule has 1 rings (SSSR count). The van der Waals surface area contributed by atoms with Crippen molar-refractivity contribution in [2.24, 2.45) is 0 Å². The lowest BCUT2D eigenvalue weighted by atomic mass is 10.1. The standard InChI is InChI=1S/C14H18F3NO2/c1-3-20-13(19)11(2)18(14(15,16)17)10-9-12-7-5-4-6-8-12/h4-8,11H,3,9-10H2,1-2H3/t11-/m0/s1. The van der Waals surface area contributed by atoms with Crippen molar-refractivity contribution < 1.29 is 22.7 Å². The Balaban J connectivity index is 2.73. The average molecular weight is 289 g/mol. The number of hydrogen-bond acceptors (Lipinski definition) is 3. The van der Waals surface area contributed by atoms with Gasteiger partial charge in [-0.3, -0.25) is 4.79 Å². The molecule has 0 radical (unpaired) electrons. The summed E-state index contributed by atoms with van der Waals surface area (Å²) in [5.74, 6) is -0.863. The Morgan fingerprint density at radius 2 is 1.90 bits per heavy atom. The van der Waals surface area contributed by atoms with Crippen LogP contribution in [0.15, 0.2) is 30.3 Å². The molecule has 1 atom stereocenters. The second-order valence-corrected chi connectivity index (χ2v) is 4.32. The Kier molecular flexibility index (Phi) is 6.01. The van der Waals surface area contributed by atoms with Gasteiger partial charge < -0.3 is 4.74 Å². The van der Waals surface area contributed by atoms with E-state index in [2.05, 4.69) is 4.74 Å². The fraction of sp³-hybridized carbons (Fsp3) is 0.500. The van der Waals surface area contributed by atoms with E-state index in [1.807, 2.05) is 0 Å². The fourth-order valence-electron chi connectivity index (χ4n) is 1.82. The van der Waals surface area contributed by atoms with Gasteiger partial charge in [0, 0.05) is 6.54 Å². The summed E-state index contributed by atoms with van der Waals surface area (Å²) in [4.78, 5) is 11.7. The summed E-state index contributed by atoms with van der Waals surface area (Å²) < 4.78 is 43.6. The molecule has 0 aliphatic carbocycles. The third-order valence-corrected chi connectivity index (χ3v) is 2.91. The summed E-state index contributed by atoms with van der Waals surface area (Å²) in [6, 6.07) is 7.49. The van der Waals surface area contributed by atoms with Crippen molar-refractivity contribution in [2.75, 3.05) is 13.2 Å². The molecule has 0 unspecified atom stereocenters. The molecule has 0 aliphatic heterocycles. The van der Waals surface area contributed by atoms with Gasteiger partial charge in [-0.25, -0.2) is 4.90 Å². The highest BCUT2D eigenvalue weighted by atomic mass is 19.4. The number of esters is 1. The van der Waals surface area contributed by atoms with Crippen LogP contribution in [0.1, 0.15) is 19.4 Å². The maximum Gasteiger partial charge on any atom is 0.460 e. The van der Waals surface area contributed by atoms with Crippen molar-refractivity contribution in [2.45, 2.75) is 32.6 Å². The molecule has 0 amide bonds. The minimum atomic E-state index is -4.57. The van der Waals surface area contributed by atoms with Crippen LogP contribution < -0.4 is 0 Å². The smallest absolute Gasteiger partial charge is 0.460 e. The summed E-state index contributed by atoms with van der Waals surface area (Å²) in [6.07, 6.45) is -4.36. The van der Waals surface area contributed by atoms with Crippen molar-refractivity contribution in [1.29, 1.82) is 0 Å². The summed E-state index contributed by atoms with van der Waals surface area (Å²) in [7, 11) is 0. The number of carbonyl (C=O) groups is 1. The number of benzene rings is 1. The zero-order valence-electron chi connectivity index (χ0n) is 11.5. The third-order valence-electron chi connectivity index (χ3n) is 2.91. The second kappa shape index (κ2) is 7.28. The SMILES string of the molecule is CCOC(=O)[C@H](C)N(CCc1ccccc1)C(F)(F)F. The van der Waals surface area contributed by atoms with E-state index in [9.17, 15) is 18.0 Å². The summed E-state index contributed by atoms with van der Waals surface area (Å²) in [5.41, 5.74) is 0.790. The molecule has 1 aromatic carbocycles. The monoisotopic (exact) mass is 289 g/mol. The number of carbonyl (C=O) groups excluding carboxylic acids is 1. The van der Waals surface area contributed by atoms with Gasteiger partial charge in [-0.15, -0.1) is 0 Å². The normalized spacial score (nSPS) is 13.3. The zero-order chi connectivity index (χ0) is 15.2. The highest BCUT2D eigenvalue weighted by Gasteiger charge is 2.42. The average Bonchev–Trinajstić information content (AvgIpc) is 2.38. The quantitative estimate of drug-likeness (QED) is 0.595. The Morgan fingerprint density at radius 3 is 2.40 bits per heavy atom. The lowest BCUT2D eigenvalue weighted by Crippen LogP contribution is -2.49. The van der Waals surface area contributed by atoms with Crippen molar-refractivity contribution in [1.82, 2.24) is 4.90 Å². The first kappa shape index (κ1) is 16.5. The number of rotatable bonds is 6. The molecule has 0 bridgehead atoms. The van der Waals surface area contributed by atoms with Gasteiger partial charge in [0.2, 0.25) is 0 Å². The first-order valence-electron chi connectivity index (χ1n) is 6.40. The number of halogens is 3. The minimum absolute atomic E-state index is 0.0631. The highest BCUT2D eigenvalue weighted by Crippen LogP contribution is 2.24. The Bertz CT molecular complexity index is 420. The molecule has 0 aromatic heterocycles. The number of ether oxygens (including phenoxy) is 1. The molecular formula is C14H18F3NO2. The van der Waals surface area contributed by atoms with E-state index in [-0.39, 0.29) is 24.5 Å². The Labute approximate surface area is 116 Å². The molecule has 112 valence electrons. The van der Waals surface area contributed by atoms with E-state index in [1.165, 1.54) is 6.92 Å². The summed E-state index contributed by atoms with van der Waals surface area (Å²) >= 11 is 0. The lowest BCUT2D eigenvalue weighted by molar-refractivity contribution is -0.257. The molecule has 1 aromatic rings. The van der Waals surface area contributed by atoms with E-state index in [0.717, 1.165) is 5.56 Å². The van der Waals surface area contributed by atoms with Crippen LogP contribution >= 0.6 is 0 Å². The first-order valence-corrected chi connectivity index (χ1v) is 6.40. The van der Waals surface area contributed by atoms with Crippen LogP contribution in [0.3, 0.4) is 0 Å². The molecule has 6 heteroatoms. The first-order chi connectivity index (χ1) is 9.36. The molecule has 0 saturated carbocycles. The van der Waals surface area contributed by atoms with Crippen LogP contribution in [0.5, 0.6) is 0 Å². The van der Waals surface area contributed by atoms with Crippen LogP contribution in [0.4, 0.5) is 13.2 Å².